The van der Waals surface area contributed by atoms with Crippen LogP contribution in [0.5, 0.6) is 11.5 Å². The van der Waals surface area contributed by atoms with Gasteiger partial charge in [-0.2, -0.15) is 18.2 Å². The number of benzene rings is 1. The van der Waals surface area contributed by atoms with E-state index in [2.05, 4.69) is 4.65 Å². The summed E-state index contributed by atoms with van der Waals surface area (Å²) in [5, 5.41) is 21.9. The van der Waals surface area contributed by atoms with Crippen molar-refractivity contribution in [2.24, 2.45) is 0 Å². The zero-order valence-electron chi connectivity index (χ0n) is 14.5. The molecule has 0 saturated heterocycles. The minimum absolute atomic E-state index is 0. The van der Waals surface area contributed by atoms with Gasteiger partial charge in [-0.15, -0.1) is 0 Å². The Morgan fingerprint density at radius 3 is 2.33 bits per heavy atom. The Balaban J connectivity index is 0.000000526. The number of hydrogen-bond donors (Lipinski definition) is 1. The minimum atomic E-state index is -3.07. The standard InChI is InChI=1S/C15H13BF2O3.C5H5.Fe/c1-10-6-8-12(19)14(15(10)21-16(17)18)13(20)9-7-11-4-2-3-5-11;1-2-4-5-3-1;/h2-9,19-20H,1H3;1-5H;/q;-1;+2/p-1. The van der Waals surface area contributed by atoms with E-state index in [1.165, 1.54) is 31.2 Å². The summed E-state index contributed by atoms with van der Waals surface area (Å²) in [4.78, 5) is 0. The molecule has 0 fully saturated rings. The molecule has 1 aliphatic carbocycles. The van der Waals surface area contributed by atoms with E-state index in [0.29, 0.717) is 5.56 Å². The fraction of sp³-hybridized carbons (Fsp3) is 0.0500. The van der Waals surface area contributed by atoms with Crippen molar-refractivity contribution in [2.75, 3.05) is 0 Å². The quantitative estimate of drug-likeness (QED) is 0.468. The predicted molar refractivity (Wildman–Crippen MR) is 97.8 cm³/mol. The van der Waals surface area contributed by atoms with E-state index in [1.54, 1.807) is 24.3 Å². The van der Waals surface area contributed by atoms with Crippen molar-refractivity contribution in [3.8, 4) is 11.5 Å². The minimum Gasteiger partial charge on any atom is -0.872 e. The molecule has 27 heavy (non-hydrogen) atoms. The number of phenols is 1. The predicted octanol–water partition coefficient (Wildman–Crippen LogP) is 4.16. The zero-order chi connectivity index (χ0) is 18.9. The van der Waals surface area contributed by atoms with Crippen LogP contribution in [0.1, 0.15) is 11.1 Å². The third-order valence-electron chi connectivity index (χ3n) is 3.46. The van der Waals surface area contributed by atoms with Gasteiger partial charge >= 0.3 is 24.5 Å². The molecule has 0 atom stereocenters. The summed E-state index contributed by atoms with van der Waals surface area (Å²) in [6.45, 7) is 1.52. The van der Waals surface area contributed by atoms with E-state index in [1.807, 2.05) is 30.3 Å². The smallest absolute Gasteiger partial charge is 0.872 e. The van der Waals surface area contributed by atoms with Gasteiger partial charge in [-0.05, 0) is 24.1 Å². The molecule has 1 aliphatic rings. The second-order valence-corrected chi connectivity index (χ2v) is 5.36. The Labute approximate surface area is 168 Å². The number of rotatable bonds is 4. The average molecular weight is 410 g/mol. The van der Waals surface area contributed by atoms with E-state index < -0.39 is 19.0 Å². The first-order chi connectivity index (χ1) is 12.5. The van der Waals surface area contributed by atoms with E-state index in [9.17, 15) is 18.8 Å². The summed E-state index contributed by atoms with van der Waals surface area (Å²) >= 11 is 0. The number of halogens is 2. The van der Waals surface area contributed by atoms with Crippen molar-refractivity contribution < 1.29 is 40.6 Å². The van der Waals surface area contributed by atoms with Crippen LogP contribution in [0, 0.1) is 6.92 Å². The molecular weight excluding hydrogens is 393 g/mol. The van der Waals surface area contributed by atoms with Crippen LogP contribution < -0.4 is 9.76 Å². The maximum absolute atomic E-state index is 12.5. The Kier molecular flexibility index (Phi) is 9.27. The van der Waals surface area contributed by atoms with Crippen molar-refractivity contribution in [1.29, 1.82) is 0 Å². The van der Waals surface area contributed by atoms with E-state index in [4.69, 9.17) is 0 Å². The Bertz CT molecular complexity index is 810. The summed E-state index contributed by atoms with van der Waals surface area (Å²) in [5.41, 5.74) is 0.878. The van der Waals surface area contributed by atoms with Gasteiger partial charge in [-0.1, -0.05) is 48.3 Å². The van der Waals surface area contributed by atoms with E-state index in [0.717, 1.165) is 5.57 Å². The maximum Gasteiger partial charge on any atom is 2.00 e. The molecule has 0 radical (unpaired) electrons. The Morgan fingerprint density at radius 1 is 1.19 bits per heavy atom. The molecule has 2 aromatic carbocycles. The van der Waals surface area contributed by atoms with Crippen LogP contribution in [0.4, 0.5) is 8.63 Å². The SMILES string of the molecule is Cc1ccc(O)c(C([O-])=CC=C2C=CC=C2)c1OB(F)F.[Fe+2].c1cc[cH-]c1. The zero-order valence-corrected chi connectivity index (χ0v) is 15.6. The van der Waals surface area contributed by atoms with Crippen LogP contribution in [0.2, 0.25) is 0 Å². The molecule has 0 unspecified atom stereocenters. The normalized spacial score (nSPS) is 12.1. The van der Waals surface area contributed by atoms with Gasteiger partial charge in [0.25, 0.3) is 0 Å². The number of allylic oxidation sites excluding steroid dienone is 7. The van der Waals surface area contributed by atoms with Crippen LogP contribution >= 0.6 is 0 Å². The van der Waals surface area contributed by atoms with Gasteiger partial charge in [0, 0.05) is 5.56 Å². The summed E-state index contributed by atoms with van der Waals surface area (Å²) in [5.74, 6) is -1.30. The van der Waals surface area contributed by atoms with Crippen molar-refractivity contribution in [3.05, 3.63) is 95.6 Å². The van der Waals surface area contributed by atoms with Gasteiger partial charge in [-0.25, -0.2) is 20.8 Å². The molecule has 0 aromatic heterocycles. The fourth-order valence-corrected chi connectivity index (χ4v) is 2.23. The average Bonchev–Trinajstić information content (AvgIpc) is 3.32. The Morgan fingerprint density at radius 2 is 1.81 bits per heavy atom. The molecule has 0 heterocycles. The van der Waals surface area contributed by atoms with Crippen LogP contribution in [0.25, 0.3) is 5.76 Å². The molecule has 0 spiro atoms. The van der Waals surface area contributed by atoms with Gasteiger partial charge < -0.3 is 14.9 Å². The largest absolute Gasteiger partial charge is 2.00 e. The number of aromatic hydroxyl groups is 1. The van der Waals surface area contributed by atoms with Crippen molar-refractivity contribution in [2.45, 2.75) is 6.92 Å². The first-order valence-corrected chi connectivity index (χ1v) is 7.87. The molecule has 0 aliphatic heterocycles. The molecule has 7 heteroatoms. The molecule has 0 amide bonds. The third kappa shape index (κ3) is 6.89. The maximum atomic E-state index is 12.5. The first-order valence-electron chi connectivity index (χ1n) is 7.87. The topological polar surface area (TPSA) is 52.5 Å². The molecule has 3 nitrogen and oxygen atoms in total. The monoisotopic (exact) mass is 410 g/mol. The summed E-state index contributed by atoms with van der Waals surface area (Å²) in [6.07, 6.45) is 9.94. The van der Waals surface area contributed by atoms with Gasteiger partial charge in [0.2, 0.25) is 0 Å². The van der Waals surface area contributed by atoms with Crippen LogP contribution in [-0.4, -0.2) is 12.6 Å². The van der Waals surface area contributed by atoms with Gasteiger partial charge in [0.1, 0.15) is 11.5 Å². The van der Waals surface area contributed by atoms with Crippen molar-refractivity contribution in [3.63, 3.8) is 0 Å². The number of hydrogen-bond acceptors (Lipinski definition) is 3. The molecule has 2 aromatic rings. The second kappa shape index (κ2) is 11.2. The van der Waals surface area contributed by atoms with Crippen LogP contribution in [-0.2, 0) is 17.1 Å². The second-order valence-electron chi connectivity index (χ2n) is 5.36. The molecule has 0 bridgehead atoms. The number of phenolic OH excluding ortho intramolecular Hbond substituents is 1. The van der Waals surface area contributed by atoms with E-state index in [-0.39, 0.29) is 28.4 Å². The van der Waals surface area contributed by atoms with Gasteiger partial charge in [0.15, 0.2) is 0 Å². The van der Waals surface area contributed by atoms with Crippen LogP contribution in [0.3, 0.4) is 0 Å². The van der Waals surface area contributed by atoms with Gasteiger partial charge in [-0.3, -0.25) is 0 Å². The summed E-state index contributed by atoms with van der Waals surface area (Å²) in [7, 11) is -3.07. The molecule has 140 valence electrons. The summed E-state index contributed by atoms with van der Waals surface area (Å²) in [6, 6.07) is 12.7. The molecular formula is C20H17BF2FeO3. The van der Waals surface area contributed by atoms with Crippen molar-refractivity contribution >= 4 is 13.2 Å². The summed E-state index contributed by atoms with van der Waals surface area (Å²) < 4.78 is 29.3. The van der Waals surface area contributed by atoms with Gasteiger partial charge in [0.05, 0.1) is 0 Å². The number of aryl methyl sites for hydroxylation is 1. The first kappa shape index (κ1) is 22.4. The van der Waals surface area contributed by atoms with Crippen molar-refractivity contribution in [1.82, 2.24) is 0 Å². The molecule has 3 rings (SSSR count). The fourth-order valence-electron chi connectivity index (χ4n) is 2.23. The Hall–Kier alpha value is -2.63. The van der Waals surface area contributed by atoms with E-state index >= 15 is 0 Å². The molecule has 0 saturated carbocycles. The third-order valence-corrected chi connectivity index (χ3v) is 3.46. The van der Waals surface area contributed by atoms with Crippen LogP contribution in [0.15, 0.2) is 84.5 Å². The molecule has 1 N–H and O–H groups in total.